The molecule has 0 saturated heterocycles. The normalized spacial score (nSPS) is 17.6. The van der Waals surface area contributed by atoms with Gasteiger partial charge in [-0.05, 0) is 32.1 Å². The Bertz CT molecular complexity index is 323. The Balaban J connectivity index is 1.97. The monoisotopic (exact) mass is 226 g/mol. The van der Waals surface area contributed by atoms with Gasteiger partial charge in [-0.3, -0.25) is 0 Å². The highest BCUT2D eigenvalue weighted by atomic mass is 16.5. The van der Waals surface area contributed by atoms with E-state index in [1.165, 1.54) is 12.8 Å². The van der Waals surface area contributed by atoms with E-state index in [1.807, 2.05) is 6.92 Å². The van der Waals surface area contributed by atoms with Gasteiger partial charge in [0.2, 0.25) is 11.7 Å². The maximum Gasteiger partial charge on any atom is 0.226 e. The zero-order valence-electron chi connectivity index (χ0n) is 9.56. The highest BCUT2D eigenvalue weighted by Gasteiger charge is 2.36. The zero-order valence-corrected chi connectivity index (χ0v) is 9.56. The predicted molar refractivity (Wildman–Crippen MR) is 56.8 cm³/mol. The lowest BCUT2D eigenvalue weighted by molar-refractivity contribution is 0.0384. The van der Waals surface area contributed by atoms with Crippen molar-refractivity contribution in [3.05, 3.63) is 11.7 Å². The summed E-state index contributed by atoms with van der Waals surface area (Å²) in [7, 11) is 0. The molecule has 0 aromatic carbocycles. The van der Waals surface area contributed by atoms with Gasteiger partial charge in [0.05, 0.1) is 0 Å². The molecule has 16 heavy (non-hydrogen) atoms. The van der Waals surface area contributed by atoms with Crippen LogP contribution in [0.25, 0.3) is 0 Å². The first-order valence-corrected chi connectivity index (χ1v) is 5.90. The summed E-state index contributed by atoms with van der Waals surface area (Å²) >= 11 is 0. The molecule has 2 rings (SSSR count). The lowest BCUT2D eigenvalue weighted by atomic mass is 10.2. The number of aromatic nitrogens is 2. The van der Waals surface area contributed by atoms with E-state index in [-0.39, 0.29) is 12.7 Å². The van der Waals surface area contributed by atoms with Crippen LogP contribution in [0.4, 0.5) is 0 Å². The van der Waals surface area contributed by atoms with Gasteiger partial charge < -0.3 is 14.4 Å². The quantitative estimate of drug-likeness (QED) is 0.762. The molecular formula is C11H18N2O3. The predicted octanol–water partition coefficient (Wildman–Crippen LogP) is 1.48. The molecule has 0 spiro atoms. The molecule has 1 aromatic heterocycles. The highest BCUT2D eigenvalue weighted by Crippen LogP contribution is 2.42. The van der Waals surface area contributed by atoms with Gasteiger partial charge in [-0.15, -0.1) is 0 Å². The molecule has 1 atom stereocenters. The first-order chi connectivity index (χ1) is 7.85. The summed E-state index contributed by atoms with van der Waals surface area (Å²) in [5.41, 5.74) is 0. The molecule has 0 amide bonds. The smallest absolute Gasteiger partial charge is 0.226 e. The minimum absolute atomic E-state index is 0.00312. The third kappa shape index (κ3) is 2.80. The van der Waals surface area contributed by atoms with E-state index in [0.29, 0.717) is 37.1 Å². The van der Waals surface area contributed by atoms with E-state index in [2.05, 4.69) is 10.1 Å². The van der Waals surface area contributed by atoms with Crippen LogP contribution in [-0.4, -0.2) is 28.5 Å². The van der Waals surface area contributed by atoms with Gasteiger partial charge in [-0.2, -0.15) is 4.98 Å². The third-order valence-corrected chi connectivity index (χ3v) is 2.68. The topological polar surface area (TPSA) is 68.4 Å². The summed E-state index contributed by atoms with van der Waals surface area (Å²) in [5.74, 6) is 1.81. The number of ether oxygens (including phenoxy) is 1. The first-order valence-electron chi connectivity index (χ1n) is 5.90. The molecule has 0 bridgehead atoms. The van der Waals surface area contributed by atoms with Crippen molar-refractivity contribution in [1.82, 2.24) is 10.1 Å². The van der Waals surface area contributed by atoms with E-state index < -0.39 is 0 Å². The van der Waals surface area contributed by atoms with Crippen LogP contribution in [0.2, 0.25) is 0 Å². The van der Waals surface area contributed by atoms with Gasteiger partial charge in [0.1, 0.15) is 6.10 Å². The largest absolute Gasteiger partial charge is 0.396 e. The van der Waals surface area contributed by atoms with E-state index >= 15 is 0 Å². The van der Waals surface area contributed by atoms with E-state index in [9.17, 15) is 0 Å². The maximum atomic E-state index is 8.71. The Labute approximate surface area is 94.8 Å². The molecule has 1 heterocycles. The lowest BCUT2D eigenvalue weighted by Crippen LogP contribution is -2.08. The van der Waals surface area contributed by atoms with Gasteiger partial charge in [0, 0.05) is 19.6 Å². The zero-order chi connectivity index (χ0) is 11.4. The molecule has 0 aliphatic heterocycles. The second kappa shape index (κ2) is 5.41. The van der Waals surface area contributed by atoms with Crippen LogP contribution >= 0.6 is 0 Å². The maximum absolute atomic E-state index is 8.71. The van der Waals surface area contributed by atoms with E-state index in [0.717, 1.165) is 0 Å². The van der Waals surface area contributed by atoms with Crippen LogP contribution in [0.3, 0.4) is 0 Å². The van der Waals surface area contributed by atoms with Crippen molar-refractivity contribution < 1.29 is 14.4 Å². The summed E-state index contributed by atoms with van der Waals surface area (Å²) < 4.78 is 10.8. The summed E-state index contributed by atoms with van der Waals surface area (Å²) in [6.45, 7) is 2.79. The molecule has 1 aliphatic carbocycles. The average molecular weight is 226 g/mol. The fraction of sp³-hybridized carbons (Fsp3) is 0.818. The molecule has 1 aliphatic rings. The lowest BCUT2D eigenvalue weighted by Gasteiger charge is -2.10. The van der Waals surface area contributed by atoms with Crippen molar-refractivity contribution in [3.8, 4) is 0 Å². The Morgan fingerprint density at radius 2 is 2.38 bits per heavy atom. The summed E-state index contributed by atoms with van der Waals surface area (Å²) in [6.07, 6.45) is 3.66. The molecule has 1 unspecified atom stereocenters. The van der Waals surface area contributed by atoms with Gasteiger partial charge in [-0.1, -0.05) is 5.16 Å². The number of aryl methyl sites for hydroxylation is 1. The average Bonchev–Trinajstić information content (AvgIpc) is 3.02. The molecule has 5 nitrogen and oxygen atoms in total. The van der Waals surface area contributed by atoms with Crippen molar-refractivity contribution in [1.29, 1.82) is 0 Å². The summed E-state index contributed by atoms with van der Waals surface area (Å²) in [6, 6.07) is 0. The molecule has 1 aromatic rings. The van der Waals surface area contributed by atoms with Crippen LogP contribution in [0.1, 0.15) is 44.0 Å². The Morgan fingerprint density at radius 1 is 1.56 bits per heavy atom. The third-order valence-electron chi connectivity index (χ3n) is 2.68. The second-order valence-corrected chi connectivity index (χ2v) is 4.09. The van der Waals surface area contributed by atoms with E-state index in [4.69, 9.17) is 14.4 Å². The summed E-state index contributed by atoms with van der Waals surface area (Å²) in [5, 5.41) is 12.7. The van der Waals surface area contributed by atoms with Crippen molar-refractivity contribution >= 4 is 0 Å². The molecule has 0 radical (unpaired) electrons. The number of hydrogen-bond donors (Lipinski definition) is 1. The highest BCUT2D eigenvalue weighted by molar-refractivity contribution is 4.98. The minimum Gasteiger partial charge on any atom is -0.396 e. The standard InChI is InChI=1S/C11H18N2O3/c1-2-15-10(8-5-6-8)11-12-9(16-13-11)4-3-7-14/h8,10,14H,2-7H2,1H3. The van der Waals surface area contributed by atoms with Crippen LogP contribution in [0, 0.1) is 5.92 Å². The van der Waals surface area contributed by atoms with Crippen LogP contribution in [0.5, 0.6) is 0 Å². The molecule has 1 fully saturated rings. The van der Waals surface area contributed by atoms with Crippen LogP contribution < -0.4 is 0 Å². The van der Waals surface area contributed by atoms with Gasteiger partial charge in [0.15, 0.2) is 0 Å². The van der Waals surface area contributed by atoms with Gasteiger partial charge in [0.25, 0.3) is 0 Å². The number of rotatable bonds is 7. The minimum atomic E-state index is -0.00312. The second-order valence-electron chi connectivity index (χ2n) is 4.09. The van der Waals surface area contributed by atoms with Crippen molar-refractivity contribution in [3.63, 3.8) is 0 Å². The molecule has 1 N–H and O–H groups in total. The molecule has 1 saturated carbocycles. The molecular weight excluding hydrogens is 208 g/mol. The van der Waals surface area contributed by atoms with Crippen molar-refractivity contribution in [2.75, 3.05) is 13.2 Å². The van der Waals surface area contributed by atoms with Crippen LogP contribution in [-0.2, 0) is 11.2 Å². The first kappa shape index (κ1) is 11.5. The number of aliphatic hydroxyl groups excluding tert-OH is 1. The van der Waals surface area contributed by atoms with Gasteiger partial charge >= 0.3 is 0 Å². The number of hydrogen-bond acceptors (Lipinski definition) is 5. The Morgan fingerprint density at radius 3 is 3.00 bits per heavy atom. The van der Waals surface area contributed by atoms with Crippen molar-refractivity contribution in [2.24, 2.45) is 5.92 Å². The van der Waals surface area contributed by atoms with Gasteiger partial charge in [-0.25, -0.2) is 0 Å². The Kier molecular flexibility index (Phi) is 3.90. The fourth-order valence-corrected chi connectivity index (χ4v) is 1.72. The van der Waals surface area contributed by atoms with Crippen molar-refractivity contribution in [2.45, 2.75) is 38.7 Å². The Hall–Kier alpha value is -0.940. The molecule has 90 valence electrons. The SMILES string of the molecule is CCOC(c1noc(CCCO)n1)C1CC1. The number of aliphatic hydroxyl groups is 1. The van der Waals surface area contributed by atoms with E-state index in [1.54, 1.807) is 0 Å². The molecule has 5 heteroatoms. The summed E-state index contributed by atoms with van der Waals surface area (Å²) in [4.78, 5) is 4.31. The fourth-order valence-electron chi connectivity index (χ4n) is 1.72. The number of nitrogens with zero attached hydrogens (tertiary/aromatic N) is 2. The van der Waals surface area contributed by atoms with Crippen LogP contribution in [0.15, 0.2) is 4.52 Å².